The largest absolute Gasteiger partial charge is 0.325 e. The Hall–Kier alpha value is -3.19. The van der Waals surface area contributed by atoms with Crippen molar-refractivity contribution in [1.82, 2.24) is 15.1 Å². The highest BCUT2D eigenvalue weighted by atomic mass is 16.2. The number of hydrogen-bond donors (Lipinski definition) is 2. The van der Waals surface area contributed by atoms with Gasteiger partial charge in [0.05, 0.1) is 0 Å². The van der Waals surface area contributed by atoms with E-state index < -0.39 is 23.4 Å². The average molecular weight is 421 g/mol. The van der Waals surface area contributed by atoms with Crippen molar-refractivity contribution in [2.24, 2.45) is 0 Å². The fraction of sp³-hybridized carbons (Fsp3) is 0.375. The van der Waals surface area contributed by atoms with Gasteiger partial charge < -0.3 is 10.6 Å². The van der Waals surface area contributed by atoms with Crippen LogP contribution in [0.3, 0.4) is 0 Å². The van der Waals surface area contributed by atoms with E-state index in [0.717, 1.165) is 30.1 Å². The molecule has 0 aromatic heterocycles. The molecule has 2 aliphatic rings. The molecule has 0 radical (unpaired) electrons. The molecule has 1 unspecified atom stereocenters. The van der Waals surface area contributed by atoms with Gasteiger partial charge in [0.15, 0.2) is 0 Å². The Morgan fingerprint density at radius 3 is 2.52 bits per heavy atom. The fourth-order valence-corrected chi connectivity index (χ4v) is 4.27. The molecular formula is C24H28N4O3. The summed E-state index contributed by atoms with van der Waals surface area (Å²) >= 11 is 0. The quantitative estimate of drug-likeness (QED) is 0.704. The number of carbonyl (C=O) groups is 3. The Bertz CT molecular complexity index is 972. The van der Waals surface area contributed by atoms with E-state index in [1.165, 1.54) is 19.3 Å². The second kappa shape index (κ2) is 8.89. The van der Waals surface area contributed by atoms with E-state index in [-0.39, 0.29) is 6.54 Å². The molecule has 0 saturated carbocycles. The molecule has 1 atom stereocenters. The molecule has 2 aromatic rings. The summed E-state index contributed by atoms with van der Waals surface area (Å²) in [4.78, 5) is 41.4. The average Bonchev–Trinajstić information content (AvgIpc) is 2.99. The molecule has 0 spiro atoms. The van der Waals surface area contributed by atoms with E-state index >= 15 is 0 Å². The number of hydrogen-bond acceptors (Lipinski definition) is 4. The normalized spacial score (nSPS) is 21.8. The van der Waals surface area contributed by atoms with Crippen LogP contribution in [0.15, 0.2) is 54.6 Å². The first-order valence-electron chi connectivity index (χ1n) is 10.8. The molecular weight excluding hydrogens is 392 g/mol. The van der Waals surface area contributed by atoms with Crippen molar-refractivity contribution in [1.29, 1.82) is 0 Å². The molecule has 2 N–H and O–H groups in total. The van der Waals surface area contributed by atoms with Gasteiger partial charge in [-0.25, -0.2) is 4.79 Å². The van der Waals surface area contributed by atoms with E-state index in [4.69, 9.17) is 0 Å². The van der Waals surface area contributed by atoms with Crippen LogP contribution in [0.2, 0.25) is 0 Å². The van der Waals surface area contributed by atoms with Crippen LogP contribution in [0.1, 0.15) is 37.3 Å². The molecule has 2 saturated heterocycles. The van der Waals surface area contributed by atoms with Crippen LogP contribution in [0, 0.1) is 0 Å². The minimum atomic E-state index is -1.17. The number of urea groups is 1. The Balaban J connectivity index is 1.39. The molecule has 0 aliphatic carbocycles. The van der Waals surface area contributed by atoms with Gasteiger partial charge in [-0.2, -0.15) is 0 Å². The van der Waals surface area contributed by atoms with Gasteiger partial charge in [-0.05, 0) is 56.1 Å². The number of benzene rings is 2. The Kier molecular flexibility index (Phi) is 6.04. The molecule has 4 rings (SSSR count). The summed E-state index contributed by atoms with van der Waals surface area (Å²) in [6.07, 6.45) is 3.74. The lowest BCUT2D eigenvalue weighted by atomic mass is 9.92. The summed E-state index contributed by atoms with van der Waals surface area (Å²) in [7, 11) is 0. The van der Waals surface area contributed by atoms with Gasteiger partial charge in [0.25, 0.3) is 5.91 Å². The number of piperidine rings is 1. The predicted molar refractivity (Wildman–Crippen MR) is 118 cm³/mol. The summed E-state index contributed by atoms with van der Waals surface area (Å²) in [6, 6.07) is 16.2. The van der Waals surface area contributed by atoms with Crippen molar-refractivity contribution in [3.63, 3.8) is 0 Å². The first-order chi connectivity index (χ1) is 15.0. The molecule has 4 amide bonds. The maximum Gasteiger partial charge on any atom is 0.325 e. The predicted octanol–water partition coefficient (Wildman–Crippen LogP) is 3.08. The smallest absolute Gasteiger partial charge is 0.325 e. The van der Waals surface area contributed by atoms with Crippen LogP contribution in [0.4, 0.5) is 10.5 Å². The van der Waals surface area contributed by atoms with E-state index in [2.05, 4.69) is 15.5 Å². The third-order valence-corrected chi connectivity index (χ3v) is 5.99. The van der Waals surface area contributed by atoms with Crippen LogP contribution < -0.4 is 10.6 Å². The third-order valence-electron chi connectivity index (χ3n) is 5.99. The first-order valence-corrected chi connectivity index (χ1v) is 10.8. The molecule has 7 nitrogen and oxygen atoms in total. The lowest BCUT2D eigenvalue weighted by molar-refractivity contribution is -0.133. The standard InChI is InChI=1S/C24H28N4O3/c1-24(19-10-4-2-5-11-19)22(30)28(23(31)26-24)17-21(29)25-20-12-8-9-18(15-20)16-27-13-6-3-7-14-27/h2,4-5,8-12,15H,3,6-7,13-14,16-17H2,1H3,(H,25,29)(H,26,31). The van der Waals surface area contributed by atoms with Crippen LogP contribution in [0.5, 0.6) is 0 Å². The second-order valence-corrected chi connectivity index (χ2v) is 8.40. The van der Waals surface area contributed by atoms with E-state index in [0.29, 0.717) is 11.3 Å². The Morgan fingerprint density at radius 1 is 1.03 bits per heavy atom. The molecule has 2 aromatic carbocycles. The van der Waals surface area contributed by atoms with Gasteiger partial charge in [0.2, 0.25) is 5.91 Å². The molecule has 2 heterocycles. The van der Waals surface area contributed by atoms with E-state index in [1.807, 2.05) is 42.5 Å². The van der Waals surface area contributed by atoms with Crippen LogP contribution >= 0.6 is 0 Å². The molecule has 162 valence electrons. The maximum atomic E-state index is 13.0. The van der Waals surface area contributed by atoms with Crippen molar-refractivity contribution < 1.29 is 14.4 Å². The molecule has 7 heteroatoms. The number of carbonyl (C=O) groups excluding carboxylic acids is 3. The molecule has 31 heavy (non-hydrogen) atoms. The SMILES string of the molecule is CC1(c2ccccc2)NC(=O)N(CC(=O)Nc2cccc(CN3CCCCC3)c2)C1=O. The van der Waals surface area contributed by atoms with Gasteiger partial charge in [0.1, 0.15) is 12.1 Å². The zero-order valence-electron chi connectivity index (χ0n) is 17.8. The van der Waals surface area contributed by atoms with Crippen LogP contribution in [-0.4, -0.2) is 47.3 Å². The number of anilines is 1. The van der Waals surface area contributed by atoms with Gasteiger partial charge >= 0.3 is 6.03 Å². The van der Waals surface area contributed by atoms with Crippen LogP contribution in [-0.2, 0) is 21.7 Å². The lowest BCUT2D eigenvalue weighted by Crippen LogP contribution is -2.42. The van der Waals surface area contributed by atoms with E-state index in [1.54, 1.807) is 19.1 Å². The maximum absolute atomic E-state index is 13.0. The minimum absolute atomic E-state index is 0.330. The summed E-state index contributed by atoms with van der Waals surface area (Å²) in [6.45, 7) is 4.38. The Morgan fingerprint density at radius 2 is 1.77 bits per heavy atom. The number of rotatable bonds is 6. The van der Waals surface area contributed by atoms with Crippen molar-refractivity contribution in [3.05, 3.63) is 65.7 Å². The van der Waals surface area contributed by atoms with Gasteiger partial charge in [-0.1, -0.05) is 48.9 Å². The minimum Gasteiger partial charge on any atom is -0.325 e. The number of likely N-dealkylation sites (tertiary alicyclic amines) is 1. The highest BCUT2D eigenvalue weighted by Gasteiger charge is 2.49. The first kappa shape index (κ1) is 21.1. The number of amides is 4. The van der Waals surface area contributed by atoms with Crippen molar-refractivity contribution in [2.45, 2.75) is 38.3 Å². The lowest BCUT2D eigenvalue weighted by Gasteiger charge is -2.26. The van der Waals surface area contributed by atoms with Gasteiger partial charge in [-0.15, -0.1) is 0 Å². The molecule has 2 fully saturated rings. The molecule has 0 bridgehead atoms. The Labute approximate surface area is 182 Å². The zero-order chi connectivity index (χ0) is 21.8. The highest BCUT2D eigenvalue weighted by molar-refractivity contribution is 6.10. The molecule has 2 aliphatic heterocycles. The summed E-state index contributed by atoms with van der Waals surface area (Å²) in [5.74, 6) is -0.839. The monoisotopic (exact) mass is 420 g/mol. The number of nitrogens with one attached hydrogen (secondary N) is 2. The van der Waals surface area contributed by atoms with E-state index in [9.17, 15) is 14.4 Å². The van der Waals surface area contributed by atoms with Crippen molar-refractivity contribution in [3.8, 4) is 0 Å². The van der Waals surface area contributed by atoms with Gasteiger partial charge in [0, 0.05) is 12.2 Å². The van der Waals surface area contributed by atoms with Gasteiger partial charge in [-0.3, -0.25) is 19.4 Å². The zero-order valence-corrected chi connectivity index (χ0v) is 17.8. The summed E-state index contributed by atoms with van der Waals surface area (Å²) in [5, 5.41) is 5.55. The number of nitrogens with zero attached hydrogens (tertiary/aromatic N) is 2. The van der Waals surface area contributed by atoms with Crippen molar-refractivity contribution in [2.75, 3.05) is 25.0 Å². The number of imide groups is 1. The summed E-state index contributed by atoms with van der Waals surface area (Å²) in [5.41, 5.74) is 1.30. The second-order valence-electron chi connectivity index (χ2n) is 8.40. The van der Waals surface area contributed by atoms with Crippen LogP contribution in [0.25, 0.3) is 0 Å². The summed E-state index contributed by atoms with van der Waals surface area (Å²) < 4.78 is 0. The van der Waals surface area contributed by atoms with Crippen molar-refractivity contribution >= 4 is 23.5 Å². The fourth-order valence-electron chi connectivity index (χ4n) is 4.27. The third kappa shape index (κ3) is 4.61. The highest BCUT2D eigenvalue weighted by Crippen LogP contribution is 2.28. The topological polar surface area (TPSA) is 81.8 Å².